The van der Waals surface area contributed by atoms with Gasteiger partial charge in [-0.05, 0) is 18.2 Å². The number of carbonyl (C=O) groups excluding carboxylic acids is 1. The number of amides is 1. The van der Waals surface area contributed by atoms with Crippen molar-refractivity contribution in [2.24, 2.45) is 10.2 Å². The van der Waals surface area contributed by atoms with Crippen LogP contribution in [0.2, 0.25) is 0 Å². The lowest BCUT2D eigenvalue weighted by molar-refractivity contribution is 0.100. The highest BCUT2D eigenvalue weighted by atomic mass is 35.6. The van der Waals surface area contributed by atoms with E-state index in [0.29, 0.717) is 16.9 Å². The van der Waals surface area contributed by atoms with Gasteiger partial charge in [0.25, 0.3) is 5.91 Å². The zero-order valence-corrected chi connectivity index (χ0v) is 8.29. The van der Waals surface area contributed by atoms with E-state index >= 15 is 0 Å². The molecule has 1 heterocycles. The van der Waals surface area contributed by atoms with Gasteiger partial charge in [0.15, 0.2) is 0 Å². The number of hydrogen-bond acceptors (Lipinski definition) is 4. The molecular weight excluding hydrogens is 229 g/mol. The Morgan fingerprint density at radius 2 is 1.93 bits per heavy atom. The van der Waals surface area contributed by atoms with Gasteiger partial charge in [-0.25, -0.2) is 0 Å². The number of benzene rings is 1. The maximum absolute atomic E-state index is 10.9. The van der Waals surface area contributed by atoms with Gasteiger partial charge in [0.05, 0.1) is 29.3 Å². The van der Waals surface area contributed by atoms with Crippen LogP contribution in [0.25, 0.3) is 0 Å². The van der Waals surface area contributed by atoms with E-state index in [0.717, 1.165) is 0 Å². The first-order valence-electron chi connectivity index (χ1n) is 3.44. The van der Waals surface area contributed by atoms with Crippen LogP contribution in [0.5, 0.6) is 0 Å². The molecule has 1 aliphatic heterocycles. The van der Waals surface area contributed by atoms with E-state index in [4.69, 9.17) is 5.73 Å². The first-order valence-corrected chi connectivity index (χ1v) is 4.05. The van der Waals surface area contributed by atoms with Gasteiger partial charge >= 0.3 is 0 Å². The summed E-state index contributed by atoms with van der Waals surface area (Å²) in [6, 6.07) is 4.92. The van der Waals surface area contributed by atoms with Crippen molar-refractivity contribution in [2.75, 3.05) is 5.73 Å². The summed E-state index contributed by atoms with van der Waals surface area (Å²) in [6.07, 6.45) is 0. The van der Waals surface area contributed by atoms with Crippen molar-refractivity contribution >= 4 is 41.0 Å². The van der Waals surface area contributed by atoms with Crippen LogP contribution in [-0.4, -0.2) is 5.91 Å². The standard InChI is InChI=1S/C7H5N3O.Cl2O/c8-4-1-2-5-6(3-4)9-10-7(5)11;1-3-2/h1-3H,8H2;. The van der Waals surface area contributed by atoms with E-state index < -0.39 is 0 Å². The number of nitrogen functional groups attached to an aromatic ring is 1. The molecule has 0 saturated carbocycles. The number of anilines is 1. The lowest BCUT2D eigenvalue weighted by Gasteiger charge is -1.93. The second-order valence-electron chi connectivity index (χ2n) is 2.34. The summed E-state index contributed by atoms with van der Waals surface area (Å²) in [4.78, 5) is 10.9. The van der Waals surface area contributed by atoms with Crippen molar-refractivity contribution in [1.82, 2.24) is 0 Å². The van der Waals surface area contributed by atoms with Gasteiger partial charge in [0.2, 0.25) is 0 Å². The summed E-state index contributed by atoms with van der Waals surface area (Å²) < 4.78 is 3.19. The lowest BCUT2D eigenvalue weighted by Crippen LogP contribution is -1.89. The summed E-state index contributed by atoms with van der Waals surface area (Å²) in [5.74, 6) is -0.292. The SMILES string of the molecule is ClOCl.Nc1ccc2c(c1)N=NC2=O. The highest BCUT2D eigenvalue weighted by molar-refractivity contribution is 6.24. The average molecular weight is 234 g/mol. The Hall–Kier alpha value is -1.17. The van der Waals surface area contributed by atoms with E-state index in [1.807, 2.05) is 0 Å². The van der Waals surface area contributed by atoms with Gasteiger partial charge in [-0.15, -0.1) is 10.2 Å². The maximum atomic E-state index is 10.9. The van der Waals surface area contributed by atoms with Gasteiger partial charge in [0, 0.05) is 5.69 Å². The molecule has 0 unspecified atom stereocenters. The Morgan fingerprint density at radius 1 is 1.29 bits per heavy atom. The van der Waals surface area contributed by atoms with Gasteiger partial charge in [-0.2, -0.15) is 3.84 Å². The quantitative estimate of drug-likeness (QED) is 0.701. The van der Waals surface area contributed by atoms with Crippen LogP contribution in [0.1, 0.15) is 10.4 Å². The molecule has 2 rings (SSSR count). The topological polar surface area (TPSA) is 77.0 Å². The van der Waals surface area contributed by atoms with Crippen molar-refractivity contribution < 1.29 is 8.64 Å². The molecule has 0 fully saturated rings. The summed E-state index contributed by atoms with van der Waals surface area (Å²) in [5, 5.41) is 7.01. The molecular formula is C7H5Cl2N3O2. The van der Waals surface area contributed by atoms with Crippen LogP contribution < -0.4 is 5.73 Å². The molecule has 0 aliphatic carbocycles. The number of rotatable bonds is 0. The van der Waals surface area contributed by atoms with Crippen molar-refractivity contribution in [3.05, 3.63) is 23.8 Å². The minimum absolute atomic E-state index is 0.292. The van der Waals surface area contributed by atoms with E-state index in [2.05, 4.69) is 37.8 Å². The second kappa shape index (κ2) is 4.90. The van der Waals surface area contributed by atoms with Crippen molar-refractivity contribution in [2.45, 2.75) is 0 Å². The molecule has 14 heavy (non-hydrogen) atoms. The Bertz CT molecular complexity index is 381. The van der Waals surface area contributed by atoms with Crippen LogP contribution in [0.15, 0.2) is 28.4 Å². The molecule has 2 N–H and O–H groups in total. The van der Waals surface area contributed by atoms with Crippen LogP contribution in [-0.2, 0) is 3.84 Å². The number of halogens is 2. The van der Waals surface area contributed by atoms with Crippen LogP contribution in [0, 0.1) is 0 Å². The van der Waals surface area contributed by atoms with E-state index in [-0.39, 0.29) is 5.91 Å². The second-order valence-corrected chi connectivity index (χ2v) is 2.81. The number of carbonyl (C=O) groups is 1. The Kier molecular flexibility index (Phi) is 3.82. The zero-order chi connectivity index (χ0) is 10.6. The van der Waals surface area contributed by atoms with Gasteiger partial charge < -0.3 is 5.73 Å². The molecule has 1 amide bonds. The highest BCUT2D eigenvalue weighted by Crippen LogP contribution is 2.28. The third-order valence-electron chi connectivity index (χ3n) is 1.50. The molecule has 0 radical (unpaired) electrons. The zero-order valence-electron chi connectivity index (χ0n) is 6.78. The van der Waals surface area contributed by atoms with E-state index in [9.17, 15) is 4.79 Å². The largest absolute Gasteiger partial charge is 0.399 e. The fraction of sp³-hybridized carbons (Fsp3) is 0. The number of nitrogens with zero attached hydrogens (tertiary/aromatic N) is 2. The molecule has 74 valence electrons. The van der Waals surface area contributed by atoms with Crippen molar-refractivity contribution in [3.63, 3.8) is 0 Å². The summed E-state index contributed by atoms with van der Waals surface area (Å²) in [5.41, 5.74) is 7.15. The number of azo groups is 1. The predicted octanol–water partition coefficient (Wildman–Crippen LogP) is 2.82. The molecule has 7 heteroatoms. The molecule has 0 saturated heterocycles. The minimum Gasteiger partial charge on any atom is -0.399 e. The van der Waals surface area contributed by atoms with E-state index in [1.165, 1.54) is 0 Å². The smallest absolute Gasteiger partial charge is 0.297 e. The third-order valence-corrected chi connectivity index (χ3v) is 1.50. The molecule has 5 nitrogen and oxygen atoms in total. The number of nitrogens with two attached hydrogens (primary N) is 1. The van der Waals surface area contributed by atoms with Crippen LogP contribution >= 0.6 is 23.7 Å². The monoisotopic (exact) mass is 233 g/mol. The molecule has 1 aliphatic rings. The summed E-state index contributed by atoms with van der Waals surface area (Å²) in [7, 11) is 0. The molecule has 1 aromatic carbocycles. The maximum Gasteiger partial charge on any atom is 0.297 e. The summed E-state index contributed by atoms with van der Waals surface area (Å²) >= 11 is 8.53. The number of fused-ring (bicyclic) bond motifs is 1. The minimum atomic E-state index is -0.292. The van der Waals surface area contributed by atoms with Crippen LogP contribution in [0.4, 0.5) is 11.4 Å². The fourth-order valence-corrected chi connectivity index (χ4v) is 0.965. The van der Waals surface area contributed by atoms with Gasteiger partial charge in [0.1, 0.15) is 5.69 Å². The molecule has 0 bridgehead atoms. The first kappa shape index (κ1) is 10.9. The normalized spacial score (nSPS) is 12.0. The molecule has 0 spiro atoms. The summed E-state index contributed by atoms with van der Waals surface area (Å²) in [6.45, 7) is 0. The third kappa shape index (κ3) is 2.41. The van der Waals surface area contributed by atoms with Gasteiger partial charge in [-0.3, -0.25) is 4.79 Å². The Morgan fingerprint density at radius 3 is 2.57 bits per heavy atom. The first-order chi connectivity index (χ1) is 6.69. The van der Waals surface area contributed by atoms with Crippen molar-refractivity contribution in [3.8, 4) is 0 Å². The van der Waals surface area contributed by atoms with E-state index in [1.54, 1.807) is 18.2 Å². The molecule has 0 atom stereocenters. The predicted molar refractivity (Wildman–Crippen MR) is 52.5 cm³/mol. The fourth-order valence-electron chi connectivity index (χ4n) is 0.965. The average Bonchev–Trinajstić information content (AvgIpc) is 2.49. The highest BCUT2D eigenvalue weighted by Gasteiger charge is 2.16. The molecule has 0 aromatic heterocycles. The Labute approximate surface area is 89.8 Å². The Balaban J connectivity index is 0.000000293. The molecule has 1 aromatic rings. The van der Waals surface area contributed by atoms with Gasteiger partial charge in [-0.1, -0.05) is 0 Å². The van der Waals surface area contributed by atoms with Crippen LogP contribution in [0.3, 0.4) is 0 Å². The lowest BCUT2D eigenvalue weighted by atomic mass is 10.2. The van der Waals surface area contributed by atoms with Crippen molar-refractivity contribution in [1.29, 1.82) is 0 Å². The number of hydrogen-bond donors (Lipinski definition) is 1.